The second-order valence-corrected chi connectivity index (χ2v) is 11.7. The minimum atomic E-state index is -0.261. The van der Waals surface area contributed by atoms with Crippen molar-refractivity contribution in [1.82, 2.24) is 9.80 Å². The SMILES string of the molecule is CC(C)N(CC(=O)N(Cc1ccc2c(c1)OCO2)Cc1ccco1)C(=O)C12CC3CC(CC(C3)C1)C2. The maximum Gasteiger partial charge on any atom is 0.242 e. The first-order valence-corrected chi connectivity index (χ1v) is 13.4. The second kappa shape index (κ2) is 9.16. The molecule has 192 valence electrons. The predicted molar refractivity (Wildman–Crippen MR) is 133 cm³/mol. The van der Waals surface area contributed by atoms with E-state index in [0.29, 0.717) is 42.4 Å². The third kappa shape index (κ3) is 4.37. The summed E-state index contributed by atoms with van der Waals surface area (Å²) >= 11 is 0. The molecule has 4 fully saturated rings. The number of furan rings is 1. The molecule has 1 aromatic heterocycles. The fraction of sp³-hybridized carbons (Fsp3) is 0.586. The molecule has 4 bridgehead atoms. The lowest BCUT2D eigenvalue weighted by Crippen LogP contribution is -2.57. The van der Waals surface area contributed by atoms with Crippen LogP contribution in [-0.4, -0.2) is 41.0 Å². The Morgan fingerprint density at radius 2 is 1.67 bits per heavy atom. The van der Waals surface area contributed by atoms with Crippen molar-refractivity contribution in [1.29, 1.82) is 0 Å². The number of rotatable bonds is 8. The molecule has 0 spiro atoms. The van der Waals surface area contributed by atoms with E-state index >= 15 is 0 Å². The summed E-state index contributed by atoms with van der Waals surface area (Å²) in [5.74, 6) is 4.31. The zero-order valence-electron chi connectivity index (χ0n) is 21.3. The van der Waals surface area contributed by atoms with E-state index in [9.17, 15) is 9.59 Å². The highest BCUT2D eigenvalue weighted by molar-refractivity contribution is 5.88. The van der Waals surface area contributed by atoms with Crippen molar-refractivity contribution in [3.05, 3.63) is 47.9 Å². The summed E-state index contributed by atoms with van der Waals surface area (Å²) in [6.07, 6.45) is 8.50. The lowest BCUT2D eigenvalue weighted by atomic mass is 9.49. The maximum absolute atomic E-state index is 14.1. The number of fused-ring (bicyclic) bond motifs is 1. The van der Waals surface area contributed by atoms with Crippen molar-refractivity contribution >= 4 is 11.8 Å². The average Bonchev–Trinajstić information content (AvgIpc) is 3.52. The van der Waals surface area contributed by atoms with Gasteiger partial charge in [-0.05, 0) is 100.0 Å². The maximum atomic E-state index is 14.1. The van der Waals surface area contributed by atoms with Crippen molar-refractivity contribution < 1.29 is 23.5 Å². The number of ether oxygens (including phenoxy) is 2. The first kappa shape index (κ1) is 23.4. The van der Waals surface area contributed by atoms with E-state index in [1.165, 1.54) is 19.3 Å². The third-order valence-electron chi connectivity index (χ3n) is 8.77. The van der Waals surface area contributed by atoms with E-state index in [2.05, 4.69) is 0 Å². The fourth-order valence-corrected chi connectivity index (χ4v) is 7.49. The number of amides is 2. The molecule has 5 aliphatic rings. The Morgan fingerprint density at radius 3 is 2.31 bits per heavy atom. The molecule has 7 nitrogen and oxygen atoms in total. The molecule has 1 aromatic carbocycles. The van der Waals surface area contributed by atoms with Crippen LogP contribution < -0.4 is 9.47 Å². The molecule has 7 rings (SSSR count). The Labute approximate surface area is 212 Å². The summed E-state index contributed by atoms with van der Waals surface area (Å²) in [7, 11) is 0. The van der Waals surface area contributed by atoms with Gasteiger partial charge in [0.2, 0.25) is 18.6 Å². The number of carbonyl (C=O) groups is 2. The molecule has 0 atom stereocenters. The van der Waals surface area contributed by atoms with Crippen molar-refractivity contribution in [2.24, 2.45) is 23.2 Å². The highest BCUT2D eigenvalue weighted by Crippen LogP contribution is 2.60. The normalized spacial score (nSPS) is 27.5. The molecule has 4 saturated carbocycles. The van der Waals surface area contributed by atoms with Crippen molar-refractivity contribution in [3.8, 4) is 11.5 Å². The molecular formula is C29H36N2O5. The van der Waals surface area contributed by atoms with Gasteiger partial charge in [0.25, 0.3) is 0 Å². The highest BCUT2D eigenvalue weighted by atomic mass is 16.7. The molecule has 4 aliphatic carbocycles. The minimum Gasteiger partial charge on any atom is -0.467 e. The third-order valence-corrected chi connectivity index (χ3v) is 8.77. The number of hydrogen-bond acceptors (Lipinski definition) is 5. The van der Waals surface area contributed by atoms with Gasteiger partial charge < -0.3 is 23.7 Å². The standard InChI is InChI=1S/C29H36N2O5/c1-19(2)31(28(33)29-12-21-8-22(13-29)10-23(9-21)14-29)17-27(32)30(16-24-4-3-7-34-24)15-20-5-6-25-26(11-20)36-18-35-25/h3-7,11,19,21-23H,8-10,12-18H2,1-2H3. The van der Waals surface area contributed by atoms with E-state index in [-0.39, 0.29) is 36.6 Å². The lowest BCUT2D eigenvalue weighted by molar-refractivity contribution is -0.162. The molecule has 2 aromatic rings. The summed E-state index contributed by atoms with van der Waals surface area (Å²) in [6, 6.07) is 9.42. The number of hydrogen-bond donors (Lipinski definition) is 0. The van der Waals surface area contributed by atoms with Crippen LogP contribution in [0.1, 0.15) is 63.7 Å². The summed E-state index contributed by atoms with van der Waals surface area (Å²) in [5, 5.41) is 0. The van der Waals surface area contributed by atoms with E-state index < -0.39 is 0 Å². The Morgan fingerprint density at radius 1 is 0.972 bits per heavy atom. The zero-order chi connectivity index (χ0) is 24.9. The molecule has 0 radical (unpaired) electrons. The van der Waals surface area contributed by atoms with Gasteiger partial charge >= 0.3 is 0 Å². The fourth-order valence-electron chi connectivity index (χ4n) is 7.49. The Bertz CT molecular complexity index is 1090. The number of benzene rings is 1. The van der Waals surface area contributed by atoms with E-state index in [1.807, 2.05) is 49.1 Å². The summed E-state index contributed by atoms with van der Waals surface area (Å²) in [6.45, 7) is 5.10. The summed E-state index contributed by atoms with van der Waals surface area (Å²) in [4.78, 5) is 31.5. The minimum absolute atomic E-state index is 0.0366. The molecule has 36 heavy (non-hydrogen) atoms. The smallest absolute Gasteiger partial charge is 0.242 e. The largest absolute Gasteiger partial charge is 0.467 e. The van der Waals surface area contributed by atoms with Crippen LogP contribution in [0, 0.1) is 23.2 Å². The molecule has 0 saturated heterocycles. The molecule has 0 N–H and O–H groups in total. The van der Waals surface area contributed by atoms with Crippen LogP contribution in [0.4, 0.5) is 0 Å². The second-order valence-electron chi connectivity index (χ2n) is 11.7. The monoisotopic (exact) mass is 492 g/mol. The van der Waals surface area contributed by atoms with Gasteiger partial charge in [0, 0.05) is 12.6 Å². The molecule has 2 amide bonds. The lowest BCUT2D eigenvalue weighted by Gasteiger charge is -2.57. The van der Waals surface area contributed by atoms with Crippen LogP contribution in [0.2, 0.25) is 0 Å². The van der Waals surface area contributed by atoms with Gasteiger partial charge in [-0.2, -0.15) is 0 Å². The van der Waals surface area contributed by atoms with Crippen molar-refractivity contribution in [3.63, 3.8) is 0 Å². The molecular weight excluding hydrogens is 456 g/mol. The van der Waals surface area contributed by atoms with Crippen LogP contribution in [0.5, 0.6) is 11.5 Å². The Hall–Kier alpha value is -2.96. The van der Waals surface area contributed by atoms with Crippen LogP contribution in [0.15, 0.2) is 41.0 Å². The summed E-state index contributed by atoms with van der Waals surface area (Å²) < 4.78 is 16.5. The number of nitrogens with zero attached hydrogens (tertiary/aromatic N) is 2. The Balaban J connectivity index is 1.21. The molecule has 7 heteroatoms. The van der Waals surface area contributed by atoms with Gasteiger partial charge in [0.05, 0.1) is 18.2 Å². The van der Waals surface area contributed by atoms with Crippen LogP contribution >= 0.6 is 0 Å². The molecule has 2 heterocycles. The highest BCUT2D eigenvalue weighted by Gasteiger charge is 2.56. The van der Waals surface area contributed by atoms with Gasteiger partial charge in [-0.25, -0.2) is 0 Å². The van der Waals surface area contributed by atoms with Crippen molar-refractivity contribution in [2.75, 3.05) is 13.3 Å². The molecule has 0 unspecified atom stereocenters. The zero-order valence-corrected chi connectivity index (χ0v) is 21.3. The van der Waals surface area contributed by atoms with Crippen molar-refractivity contribution in [2.45, 2.75) is 71.5 Å². The topological polar surface area (TPSA) is 72.2 Å². The van der Waals surface area contributed by atoms with Gasteiger partial charge in [0.1, 0.15) is 12.3 Å². The van der Waals surface area contributed by atoms with Gasteiger partial charge in [0.15, 0.2) is 11.5 Å². The summed E-state index contributed by atoms with van der Waals surface area (Å²) in [5.41, 5.74) is 0.685. The van der Waals surface area contributed by atoms with Crippen LogP contribution in [-0.2, 0) is 22.7 Å². The van der Waals surface area contributed by atoms with E-state index in [1.54, 1.807) is 11.2 Å². The van der Waals surface area contributed by atoms with E-state index in [4.69, 9.17) is 13.9 Å². The first-order valence-electron chi connectivity index (χ1n) is 13.4. The van der Waals surface area contributed by atoms with E-state index in [0.717, 1.165) is 30.6 Å². The van der Waals surface area contributed by atoms with Gasteiger partial charge in [-0.3, -0.25) is 9.59 Å². The predicted octanol–water partition coefficient (Wildman–Crippen LogP) is 4.99. The van der Waals surface area contributed by atoms with Crippen LogP contribution in [0.3, 0.4) is 0 Å². The number of carbonyl (C=O) groups excluding carboxylic acids is 2. The molecule has 1 aliphatic heterocycles. The average molecular weight is 493 g/mol. The quantitative estimate of drug-likeness (QED) is 0.519. The Kier molecular flexibility index (Phi) is 5.97. The first-order chi connectivity index (χ1) is 17.4. The van der Waals surface area contributed by atoms with Gasteiger partial charge in [-0.15, -0.1) is 0 Å². The van der Waals surface area contributed by atoms with Gasteiger partial charge in [-0.1, -0.05) is 6.07 Å². The van der Waals surface area contributed by atoms with Crippen LogP contribution in [0.25, 0.3) is 0 Å².